The molecule has 0 saturated carbocycles. The van der Waals surface area contributed by atoms with Gasteiger partial charge in [0.15, 0.2) is 0 Å². The quantitative estimate of drug-likeness (QED) is 0.678. The van der Waals surface area contributed by atoms with Gasteiger partial charge in [0.1, 0.15) is 5.75 Å². The standard InChI is InChI=1S/C10H12BrNO3/c1-3-15-10(13)7-4-6(14-2)5-8(12)9(7)11/h4-5H,3,12H2,1-2H3. The maximum absolute atomic E-state index is 11.5. The lowest BCUT2D eigenvalue weighted by Gasteiger charge is -2.09. The van der Waals surface area contributed by atoms with Crippen LogP contribution in [0.1, 0.15) is 17.3 Å². The number of benzene rings is 1. The first-order valence-electron chi connectivity index (χ1n) is 4.40. The number of carbonyl (C=O) groups is 1. The Kier molecular flexibility index (Phi) is 3.96. The van der Waals surface area contributed by atoms with Crippen molar-refractivity contribution in [1.29, 1.82) is 0 Å². The van der Waals surface area contributed by atoms with Crippen molar-refractivity contribution < 1.29 is 14.3 Å². The third kappa shape index (κ3) is 2.62. The lowest BCUT2D eigenvalue weighted by Crippen LogP contribution is -2.07. The summed E-state index contributed by atoms with van der Waals surface area (Å²) in [5.41, 5.74) is 6.51. The zero-order chi connectivity index (χ0) is 11.4. The molecule has 1 rings (SSSR count). The highest BCUT2D eigenvalue weighted by Gasteiger charge is 2.15. The number of anilines is 1. The molecule has 0 aliphatic carbocycles. The number of hydrogen-bond donors (Lipinski definition) is 1. The zero-order valence-electron chi connectivity index (χ0n) is 8.54. The first-order valence-corrected chi connectivity index (χ1v) is 5.19. The molecule has 4 nitrogen and oxygen atoms in total. The van der Waals surface area contributed by atoms with E-state index in [1.807, 2.05) is 0 Å². The Labute approximate surface area is 96.5 Å². The molecule has 0 aliphatic heterocycles. The van der Waals surface area contributed by atoms with E-state index in [1.54, 1.807) is 19.1 Å². The molecule has 0 amide bonds. The highest BCUT2D eigenvalue weighted by Crippen LogP contribution is 2.29. The lowest BCUT2D eigenvalue weighted by atomic mass is 10.2. The Hall–Kier alpha value is -1.23. The number of rotatable bonds is 3. The van der Waals surface area contributed by atoms with Crippen molar-refractivity contribution in [3.63, 3.8) is 0 Å². The minimum atomic E-state index is -0.421. The largest absolute Gasteiger partial charge is 0.497 e. The van der Waals surface area contributed by atoms with Gasteiger partial charge in [-0.05, 0) is 28.9 Å². The Morgan fingerprint density at radius 3 is 2.73 bits per heavy atom. The van der Waals surface area contributed by atoms with Crippen LogP contribution in [-0.4, -0.2) is 19.7 Å². The molecule has 2 N–H and O–H groups in total. The van der Waals surface area contributed by atoms with E-state index >= 15 is 0 Å². The Morgan fingerprint density at radius 2 is 2.20 bits per heavy atom. The number of nitrogens with two attached hydrogens (primary N) is 1. The van der Waals surface area contributed by atoms with Crippen molar-refractivity contribution in [2.75, 3.05) is 19.5 Å². The van der Waals surface area contributed by atoms with Gasteiger partial charge in [0, 0.05) is 6.07 Å². The normalized spacial score (nSPS) is 9.80. The molecule has 15 heavy (non-hydrogen) atoms. The summed E-state index contributed by atoms with van der Waals surface area (Å²) in [5.74, 6) is 0.105. The maximum Gasteiger partial charge on any atom is 0.339 e. The molecule has 5 heteroatoms. The number of esters is 1. The summed E-state index contributed by atoms with van der Waals surface area (Å²) < 4.78 is 10.4. The molecule has 0 radical (unpaired) electrons. The second kappa shape index (κ2) is 5.02. The van der Waals surface area contributed by atoms with Crippen LogP contribution in [0.5, 0.6) is 5.75 Å². The van der Waals surface area contributed by atoms with Crippen LogP contribution >= 0.6 is 15.9 Å². The summed E-state index contributed by atoms with van der Waals surface area (Å²) in [6, 6.07) is 3.21. The fourth-order valence-corrected chi connectivity index (χ4v) is 1.49. The summed E-state index contributed by atoms with van der Waals surface area (Å²) in [6.45, 7) is 2.07. The first kappa shape index (κ1) is 11.8. The minimum absolute atomic E-state index is 0.322. The van der Waals surface area contributed by atoms with Gasteiger partial charge in [0.2, 0.25) is 0 Å². The van der Waals surface area contributed by atoms with E-state index < -0.39 is 5.97 Å². The van der Waals surface area contributed by atoms with Gasteiger partial charge in [0.25, 0.3) is 0 Å². The number of ether oxygens (including phenoxy) is 2. The third-order valence-electron chi connectivity index (χ3n) is 1.81. The topological polar surface area (TPSA) is 61.5 Å². The van der Waals surface area contributed by atoms with Crippen molar-refractivity contribution in [1.82, 2.24) is 0 Å². The number of carbonyl (C=O) groups excluding carboxylic acids is 1. The van der Waals surface area contributed by atoms with Gasteiger partial charge >= 0.3 is 5.97 Å². The molecule has 1 aromatic carbocycles. The molecule has 0 aliphatic rings. The monoisotopic (exact) mass is 273 g/mol. The Morgan fingerprint density at radius 1 is 1.53 bits per heavy atom. The summed E-state index contributed by atoms with van der Waals surface area (Å²) in [6.07, 6.45) is 0. The van der Waals surface area contributed by atoms with Crippen molar-refractivity contribution in [3.8, 4) is 5.75 Å². The summed E-state index contributed by atoms with van der Waals surface area (Å²) >= 11 is 3.23. The Bertz CT molecular complexity index is 379. The average molecular weight is 274 g/mol. The van der Waals surface area contributed by atoms with Crippen LogP contribution in [0.3, 0.4) is 0 Å². The predicted molar refractivity (Wildman–Crippen MR) is 61.1 cm³/mol. The molecule has 0 atom stereocenters. The van der Waals surface area contributed by atoms with Crippen LogP contribution in [-0.2, 0) is 4.74 Å². The number of methoxy groups -OCH3 is 1. The van der Waals surface area contributed by atoms with Crippen molar-refractivity contribution in [3.05, 3.63) is 22.2 Å². The van der Waals surface area contributed by atoms with Crippen LogP contribution in [0.25, 0.3) is 0 Å². The van der Waals surface area contributed by atoms with Crippen molar-refractivity contribution in [2.24, 2.45) is 0 Å². The van der Waals surface area contributed by atoms with Gasteiger partial charge in [-0.2, -0.15) is 0 Å². The smallest absolute Gasteiger partial charge is 0.339 e. The van der Waals surface area contributed by atoms with Gasteiger partial charge in [-0.3, -0.25) is 0 Å². The van der Waals surface area contributed by atoms with Gasteiger partial charge < -0.3 is 15.2 Å². The van der Waals surface area contributed by atoms with E-state index in [0.717, 1.165) is 0 Å². The summed E-state index contributed by atoms with van der Waals surface area (Å²) in [4.78, 5) is 11.5. The molecule has 1 aromatic rings. The SMILES string of the molecule is CCOC(=O)c1cc(OC)cc(N)c1Br. The molecule has 0 bridgehead atoms. The average Bonchev–Trinajstić information content (AvgIpc) is 2.22. The first-order chi connectivity index (χ1) is 7.10. The van der Waals surface area contributed by atoms with Crippen LogP contribution in [0.4, 0.5) is 5.69 Å². The second-order valence-electron chi connectivity index (χ2n) is 2.80. The van der Waals surface area contributed by atoms with Crippen LogP contribution < -0.4 is 10.5 Å². The van der Waals surface area contributed by atoms with E-state index in [0.29, 0.717) is 28.1 Å². The van der Waals surface area contributed by atoms with Crippen LogP contribution in [0, 0.1) is 0 Å². The highest BCUT2D eigenvalue weighted by molar-refractivity contribution is 9.10. The molecule has 82 valence electrons. The zero-order valence-corrected chi connectivity index (χ0v) is 10.1. The van der Waals surface area contributed by atoms with Gasteiger partial charge in [-0.25, -0.2) is 4.79 Å². The molecule has 0 aromatic heterocycles. The third-order valence-corrected chi connectivity index (χ3v) is 2.69. The molecular weight excluding hydrogens is 262 g/mol. The fraction of sp³-hybridized carbons (Fsp3) is 0.300. The second-order valence-corrected chi connectivity index (χ2v) is 3.59. The number of nitrogen functional groups attached to an aromatic ring is 1. The van der Waals surface area contributed by atoms with Crippen molar-refractivity contribution in [2.45, 2.75) is 6.92 Å². The van der Waals surface area contributed by atoms with Crippen LogP contribution in [0.2, 0.25) is 0 Å². The summed E-state index contributed by atoms with van der Waals surface area (Å²) in [7, 11) is 1.51. The van der Waals surface area contributed by atoms with E-state index in [1.165, 1.54) is 7.11 Å². The predicted octanol–water partition coefficient (Wildman–Crippen LogP) is 2.22. The molecular formula is C10H12BrNO3. The van der Waals surface area contributed by atoms with Crippen molar-refractivity contribution >= 4 is 27.6 Å². The molecule has 0 unspecified atom stereocenters. The number of halogens is 1. The van der Waals surface area contributed by atoms with E-state index in [-0.39, 0.29) is 0 Å². The van der Waals surface area contributed by atoms with E-state index in [4.69, 9.17) is 15.2 Å². The van der Waals surface area contributed by atoms with Gasteiger partial charge in [-0.1, -0.05) is 0 Å². The van der Waals surface area contributed by atoms with E-state index in [9.17, 15) is 4.79 Å². The van der Waals surface area contributed by atoms with Gasteiger partial charge in [0.05, 0.1) is 29.4 Å². The fourth-order valence-electron chi connectivity index (χ4n) is 1.09. The van der Waals surface area contributed by atoms with Crippen LogP contribution in [0.15, 0.2) is 16.6 Å². The lowest BCUT2D eigenvalue weighted by molar-refractivity contribution is 0.0525. The number of hydrogen-bond acceptors (Lipinski definition) is 4. The maximum atomic E-state index is 11.5. The highest BCUT2D eigenvalue weighted by atomic mass is 79.9. The molecule has 0 spiro atoms. The molecule has 0 heterocycles. The summed E-state index contributed by atoms with van der Waals surface area (Å²) in [5, 5.41) is 0. The Balaban J connectivity index is 3.15. The van der Waals surface area contributed by atoms with Gasteiger partial charge in [-0.15, -0.1) is 0 Å². The molecule has 0 fully saturated rings. The minimum Gasteiger partial charge on any atom is -0.497 e. The molecule has 0 saturated heterocycles. The van der Waals surface area contributed by atoms with E-state index in [2.05, 4.69) is 15.9 Å².